The summed E-state index contributed by atoms with van der Waals surface area (Å²) in [6, 6.07) is 5.23. The summed E-state index contributed by atoms with van der Waals surface area (Å²) in [6.45, 7) is 10.8. The molecule has 0 aliphatic carbocycles. The molecule has 0 heterocycles. The average molecular weight is 451 g/mol. The third-order valence-corrected chi connectivity index (χ3v) is 3.98. The molecule has 0 spiro atoms. The van der Waals surface area contributed by atoms with Gasteiger partial charge in [0.1, 0.15) is 5.82 Å². The van der Waals surface area contributed by atoms with Crippen LogP contribution in [0.25, 0.3) is 0 Å². The highest BCUT2D eigenvalue weighted by Crippen LogP contribution is 2.21. The Hall–Kier alpha value is -0.890. The molecule has 2 unspecified atom stereocenters. The standard InChI is InChI=1S/C18H30FN3O.HI/c1-12-8-9-14(10-15(12)19)13(2)22-17(20-6)21-11-16(23-7)18(3,4)5;/h8-10,13,16H,11H2,1-7H3,(H2,20,21,22);1H. The topological polar surface area (TPSA) is 45.7 Å². The number of ether oxygens (including phenoxy) is 1. The van der Waals surface area contributed by atoms with Crippen LogP contribution in [0.1, 0.15) is 44.9 Å². The zero-order valence-electron chi connectivity index (χ0n) is 15.7. The van der Waals surface area contributed by atoms with Gasteiger partial charge in [-0.25, -0.2) is 4.39 Å². The predicted molar refractivity (Wildman–Crippen MR) is 110 cm³/mol. The largest absolute Gasteiger partial charge is 0.379 e. The molecule has 2 N–H and O–H groups in total. The third kappa shape index (κ3) is 6.93. The number of hydrogen-bond donors (Lipinski definition) is 2. The van der Waals surface area contributed by atoms with Crippen LogP contribution in [0.5, 0.6) is 0 Å². The number of nitrogens with zero attached hydrogens (tertiary/aromatic N) is 1. The zero-order chi connectivity index (χ0) is 17.6. The lowest BCUT2D eigenvalue weighted by Gasteiger charge is -2.30. The van der Waals surface area contributed by atoms with Crippen LogP contribution in [0.4, 0.5) is 4.39 Å². The highest BCUT2D eigenvalue weighted by molar-refractivity contribution is 14.0. The number of rotatable bonds is 5. The van der Waals surface area contributed by atoms with Gasteiger partial charge in [-0.1, -0.05) is 32.9 Å². The Bertz CT molecular complexity index is 544. The lowest BCUT2D eigenvalue weighted by Crippen LogP contribution is -2.45. The zero-order valence-corrected chi connectivity index (χ0v) is 18.1. The first-order valence-corrected chi connectivity index (χ1v) is 7.95. The smallest absolute Gasteiger partial charge is 0.191 e. The number of halogens is 2. The highest BCUT2D eigenvalue weighted by atomic mass is 127. The van der Waals surface area contributed by atoms with Gasteiger partial charge in [-0.15, -0.1) is 24.0 Å². The van der Waals surface area contributed by atoms with Crippen LogP contribution >= 0.6 is 24.0 Å². The maximum atomic E-state index is 13.7. The Morgan fingerprint density at radius 3 is 2.42 bits per heavy atom. The number of hydrogen-bond acceptors (Lipinski definition) is 2. The SMILES string of the molecule is CN=C(NCC(OC)C(C)(C)C)NC(C)c1ccc(C)c(F)c1.I. The van der Waals surface area contributed by atoms with E-state index in [1.165, 1.54) is 0 Å². The van der Waals surface area contributed by atoms with Gasteiger partial charge in [0.05, 0.1) is 12.1 Å². The molecule has 0 radical (unpaired) electrons. The van der Waals surface area contributed by atoms with Gasteiger partial charge in [0, 0.05) is 20.7 Å². The van der Waals surface area contributed by atoms with Gasteiger partial charge < -0.3 is 15.4 Å². The first kappa shape index (κ1) is 23.1. The van der Waals surface area contributed by atoms with Gasteiger partial charge in [-0.2, -0.15) is 0 Å². The molecule has 0 amide bonds. The van der Waals surface area contributed by atoms with Crippen molar-refractivity contribution in [2.24, 2.45) is 10.4 Å². The molecule has 1 rings (SSSR count). The second-order valence-corrected chi connectivity index (χ2v) is 6.92. The van der Waals surface area contributed by atoms with Crippen molar-refractivity contribution in [1.82, 2.24) is 10.6 Å². The average Bonchev–Trinajstić information content (AvgIpc) is 2.47. The van der Waals surface area contributed by atoms with E-state index in [2.05, 4.69) is 36.4 Å². The van der Waals surface area contributed by atoms with Crippen molar-refractivity contribution >= 4 is 29.9 Å². The molecule has 24 heavy (non-hydrogen) atoms. The summed E-state index contributed by atoms with van der Waals surface area (Å²) >= 11 is 0. The summed E-state index contributed by atoms with van der Waals surface area (Å²) in [5.41, 5.74) is 1.57. The Morgan fingerprint density at radius 2 is 1.96 bits per heavy atom. The molecule has 6 heteroatoms. The first-order valence-electron chi connectivity index (χ1n) is 7.95. The lowest BCUT2D eigenvalue weighted by molar-refractivity contribution is 0.0205. The molecular weight excluding hydrogens is 420 g/mol. The minimum absolute atomic E-state index is 0. The molecular formula is C18H31FIN3O. The Morgan fingerprint density at radius 1 is 1.33 bits per heavy atom. The van der Waals surface area contributed by atoms with Crippen LogP contribution in [0, 0.1) is 18.2 Å². The quantitative estimate of drug-likeness (QED) is 0.404. The van der Waals surface area contributed by atoms with Gasteiger partial charge in [0.15, 0.2) is 5.96 Å². The Labute approximate surface area is 162 Å². The van der Waals surface area contributed by atoms with Gasteiger partial charge >= 0.3 is 0 Å². The lowest BCUT2D eigenvalue weighted by atomic mass is 9.89. The summed E-state index contributed by atoms with van der Waals surface area (Å²) in [5.74, 6) is 0.482. The maximum Gasteiger partial charge on any atom is 0.191 e. The molecule has 1 aromatic carbocycles. The Balaban J connectivity index is 0.00000529. The molecule has 138 valence electrons. The third-order valence-electron chi connectivity index (χ3n) is 3.98. The fourth-order valence-electron chi connectivity index (χ4n) is 2.29. The summed E-state index contributed by atoms with van der Waals surface area (Å²) in [4.78, 5) is 4.23. The molecule has 0 saturated carbocycles. The minimum Gasteiger partial charge on any atom is -0.379 e. The second-order valence-electron chi connectivity index (χ2n) is 6.92. The van der Waals surface area contributed by atoms with E-state index in [4.69, 9.17) is 4.74 Å². The van der Waals surface area contributed by atoms with Crippen molar-refractivity contribution < 1.29 is 9.13 Å². The molecule has 0 saturated heterocycles. The molecule has 4 nitrogen and oxygen atoms in total. The fraction of sp³-hybridized carbons (Fsp3) is 0.611. The van der Waals surface area contributed by atoms with Crippen LogP contribution < -0.4 is 10.6 Å². The number of nitrogens with one attached hydrogen (secondary N) is 2. The summed E-state index contributed by atoms with van der Waals surface area (Å²) in [5, 5.41) is 6.55. The van der Waals surface area contributed by atoms with Gasteiger partial charge in [-0.05, 0) is 36.5 Å². The highest BCUT2D eigenvalue weighted by Gasteiger charge is 2.24. The van der Waals surface area contributed by atoms with Crippen molar-refractivity contribution in [3.63, 3.8) is 0 Å². The molecule has 0 bridgehead atoms. The predicted octanol–water partition coefficient (Wildman–Crippen LogP) is 4.04. The molecule has 0 fully saturated rings. The summed E-state index contributed by atoms with van der Waals surface area (Å²) in [7, 11) is 3.43. The maximum absolute atomic E-state index is 13.7. The van der Waals surface area contributed by atoms with Crippen LogP contribution in [0.2, 0.25) is 0 Å². The normalized spacial score (nSPS) is 14.6. The Kier molecular flexibility index (Phi) is 9.80. The summed E-state index contributed by atoms with van der Waals surface area (Å²) < 4.78 is 19.2. The molecule has 1 aromatic rings. The van der Waals surface area contributed by atoms with Gasteiger partial charge in [-0.3, -0.25) is 4.99 Å². The van der Waals surface area contributed by atoms with E-state index in [9.17, 15) is 4.39 Å². The van der Waals surface area contributed by atoms with Crippen molar-refractivity contribution in [3.05, 3.63) is 35.1 Å². The van der Waals surface area contributed by atoms with Crippen LogP contribution in [-0.2, 0) is 4.74 Å². The van der Waals surface area contributed by atoms with Crippen LogP contribution in [-0.4, -0.2) is 32.8 Å². The number of guanidine groups is 1. The second kappa shape index (κ2) is 10.2. The van der Waals surface area contributed by atoms with Crippen LogP contribution in [0.3, 0.4) is 0 Å². The van der Waals surface area contributed by atoms with Crippen LogP contribution in [0.15, 0.2) is 23.2 Å². The van der Waals surface area contributed by atoms with E-state index >= 15 is 0 Å². The number of benzene rings is 1. The number of methoxy groups -OCH3 is 1. The van der Waals surface area contributed by atoms with E-state index < -0.39 is 0 Å². The number of aliphatic imine (C=N–C) groups is 1. The van der Waals surface area contributed by atoms with E-state index in [1.807, 2.05) is 13.0 Å². The number of aryl methyl sites for hydroxylation is 1. The summed E-state index contributed by atoms with van der Waals surface area (Å²) in [6.07, 6.45) is 0.0631. The van der Waals surface area contributed by atoms with Crippen molar-refractivity contribution in [2.45, 2.75) is 46.8 Å². The van der Waals surface area contributed by atoms with E-state index in [0.29, 0.717) is 18.1 Å². The van der Waals surface area contributed by atoms with Gasteiger partial charge in [0.2, 0.25) is 0 Å². The monoisotopic (exact) mass is 451 g/mol. The van der Waals surface area contributed by atoms with Crippen molar-refractivity contribution in [1.29, 1.82) is 0 Å². The van der Waals surface area contributed by atoms with Crippen molar-refractivity contribution in [3.8, 4) is 0 Å². The van der Waals surface area contributed by atoms with E-state index in [-0.39, 0.29) is 47.4 Å². The molecule has 0 aromatic heterocycles. The molecule has 2 atom stereocenters. The minimum atomic E-state index is -0.189. The van der Waals surface area contributed by atoms with Crippen molar-refractivity contribution in [2.75, 3.05) is 20.7 Å². The fourth-order valence-corrected chi connectivity index (χ4v) is 2.29. The first-order chi connectivity index (χ1) is 10.7. The molecule has 0 aliphatic rings. The van der Waals surface area contributed by atoms with Gasteiger partial charge in [0.25, 0.3) is 0 Å². The molecule has 0 aliphatic heterocycles. The van der Waals surface area contributed by atoms with E-state index in [1.54, 1.807) is 33.2 Å². The van der Waals surface area contributed by atoms with E-state index in [0.717, 1.165) is 5.56 Å².